The Morgan fingerprint density at radius 1 is 1.29 bits per heavy atom. The van der Waals surface area contributed by atoms with E-state index in [2.05, 4.69) is 5.10 Å². The fourth-order valence-corrected chi connectivity index (χ4v) is 1.35. The highest BCUT2D eigenvalue weighted by Gasteiger charge is 2.35. The largest absolute Gasteiger partial charge is 0.711 e. The molecule has 0 aliphatic rings. The molecule has 0 unspecified atom stereocenters. The quantitative estimate of drug-likeness (QED) is 0.566. The van der Waals surface area contributed by atoms with Gasteiger partial charge in [0.05, 0.1) is 6.20 Å². The number of hydrogen-bond donors (Lipinski definition) is 0. The van der Waals surface area contributed by atoms with E-state index in [1.165, 1.54) is 12.3 Å². The van der Waals surface area contributed by atoms with Crippen LogP contribution >= 0.6 is 0 Å². The maximum Gasteiger partial charge on any atom is 0.437 e. The van der Waals surface area contributed by atoms with Gasteiger partial charge >= 0.3 is 12.0 Å². The molecule has 2 heterocycles. The molecule has 2 aromatic rings. The van der Waals surface area contributed by atoms with Crippen LogP contribution in [0.15, 0.2) is 30.6 Å². The molecule has 0 saturated heterocycles. The second kappa shape index (κ2) is 3.76. The molecule has 17 heavy (non-hydrogen) atoms. The summed E-state index contributed by atoms with van der Waals surface area (Å²) in [7, 11) is 0. The molecule has 4 nitrogen and oxygen atoms in total. The second-order valence-corrected chi connectivity index (χ2v) is 3.53. The molecule has 0 N–H and O–H groups in total. The van der Waals surface area contributed by atoms with E-state index in [-0.39, 0.29) is 5.82 Å². The Hall–Kier alpha value is -2.05. The summed E-state index contributed by atoms with van der Waals surface area (Å²) in [6.07, 6.45) is -2.14. The smallest absolute Gasteiger partial charge is 0.437 e. The summed E-state index contributed by atoms with van der Waals surface area (Å²) in [4.78, 5) is 0. The van der Waals surface area contributed by atoms with Crippen LogP contribution in [0.1, 0.15) is 11.3 Å². The van der Waals surface area contributed by atoms with E-state index in [1.54, 1.807) is 13.0 Å². The predicted molar refractivity (Wildman–Crippen MR) is 52.3 cm³/mol. The maximum atomic E-state index is 12.3. The number of hydrogen-bond acceptors (Lipinski definition) is 2. The number of nitrogens with zero attached hydrogens (tertiary/aromatic N) is 3. The Balaban J connectivity index is 2.44. The monoisotopic (exact) mass is 243 g/mol. The van der Waals surface area contributed by atoms with Gasteiger partial charge in [0.1, 0.15) is 6.20 Å². The Morgan fingerprint density at radius 2 is 2.00 bits per heavy atom. The van der Waals surface area contributed by atoms with Crippen LogP contribution in [0.2, 0.25) is 0 Å². The predicted octanol–water partition coefficient (Wildman–Crippen LogP) is 1.83. The first kappa shape index (κ1) is 11.4. The van der Waals surface area contributed by atoms with E-state index < -0.39 is 11.9 Å². The van der Waals surface area contributed by atoms with Gasteiger partial charge in [-0.25, -0.2) is 4.73 Å². The van der Waals surface area contributed by atoms with Crippen molar-refractivity contribution >= 4 is 0 Å². The number of rotatable bonds is 1. The Kier molecular flexibility index (Phi) is 2.53. The van der Waals surface area contributed by atoms with Crippen LogP contribution < -0.4 is 4.73 Å². The van der Waals surface area contributed by atoms with E-state index in [0.717, 1.165) is 16.9 Å². The van der Waals surface area contributed by atoms with Crippen molar-refractivity contribution in [2.45, 2.75) is 13.1 Å². The maximum absolute atomic E-state index is 12.3. The third-order valence-corrected chi connectivity index (χ3v) is 2.16. The lowest BCUT2D eigenvalue weighted by Crippen LogP contribution is -2.32. The first-order valence-electron chi connectivity index (χ1n) is 4.71. The molecule has 0 spiro atoms. The molecule has 0 aromatic carbocycles. The topological polar surface area (TPSA) is 44.8 Å². The van der Waals surface area contributed by atoms with Crippen molar-refractivity contribution in [3.8, 4) is 5.82 Å². The molecule has 2 rings (SSSR count). The molecule has 0 atom stereocenters. The molecular weight excluding hydrogens is 235 g/mol. The molecule has 0 amide bonds. The summed E-state index contributed by atoms with van der Waals surface area (Å²) >= 11 is 0. The number of halogens is 3. The number of aromatic nitrogens is 3. The molecular formula is C10H8F3N3O. The summed E-state index contributed by atoms with van der Waals surface area (Å²) in [5, 5.41) is 14.8. The van der Waals surface area contributed by atoms with E-state index in [0.29, 0.717) is 10.3 Å². The van der Waals surface area contributed by atoms with Gasteiger partial charge in [0.15, 0.2) is 5.69 Å². The number of alkyl halides is 3. The van der Waals surface area contributed by atoms with Crippen molar-refractivity contribution < 1.29 is 17.9 Å². The van der Waals surface area contributed by atoms with Gasteiger partial charge in [-0.3, -0.25) is 0 Å². The zero-order valence-electron chi connectivity index (χ0n) is 8.77. The van der Waals surface area contributed by atoms with E-state index in [1.807, 2.05) is 0 Å². The number of aryl methyl sites for hydroxylation is 1. The Bertz CT molecular complexity index is 548. The van der Waals surface area contributed by atoms with Crippen LogP contribution in [0, 0.1) is 12.1 Å². The van der Waals surface area contributed by atoms with E-state index in [4.69, 9.17) is 0 Å². The second-order valence-electron chi connectivity index (χ2n) is 3.53. The van der Waals surface area contributed by atoms with Crippen LogP contribution in [0.5, 0.6) is 0 Å². The SMILES string of the molecule is Cc1ccc(-n2ccc(C(F)(F)F)n2)[n+]([O-])c1. The average molecular weight is 243 g/mol. The van der Waals surface area contributed by atoms with Crippen LogP contribution in [-0.4, -0.2) is 9.78 Å². The van der Waals surface area contributed by atoms with Gasteiger partial charge in [-0.1, -0.05) is 5.10 Å². The van der Waals surface area contributed by atoms with Gasteiger partial charge < -0.3 is 5.21 Å². The highest BCUT2D eigenvalue weighted by molar-refractivity contribution is 5.20. The summed E-state index contributed by atoms with van der Waals surface area (Å²) < 4.78 is 38.3. The lowest BCUT2D eigenvalue weighted by Gasteiger charge is -2.06. The highest BCUT2D eigenvalue weighted by Crippen LogP contribution is 2.27. The van der Waals surface area contributed by atoms with Crippen LogP contribution in [0.25, 0.3) is 5.82 Å². The molecule has 2 aromatic heterocycles. The van der Waals surface area contributed by atoms with Gasteiger partial charge in [0.2, 0.25) is 0 Å². The fourth-order valence-electron chi connectivity index (χ4n) is 1.35. The molecule has 90 valence electrons. The van der Waals surface area contributed by atoms with Gasteiger partial charge in [0, 0.05) is 12.1 Å². The zero-order valence-corrected chi connectivity index (χ0v) is 8.77. The third kappa shape index (κ3) is 2.22. The molecule has 0 aliphatic carbocycles. The third-order valence-electron chi connectivity index (χ3n) is 2.16. The molecule has 0 bridgehead atoms. The van der Waals surface area contributed by atoms with Crippen LogP contribution in [0.3, 0.4) is 0 Å². The molecule has 0 radical (unpaired) electrons. The summed E-state index contributed by atoms with van der Waals surface area (Å²) in [5.74, 6) is 0.0195. The number of pyridine rings is 1. The van der Waals surface area contributed by atoms with Gasteiger partial charge in [-0.15, -0.1) is 4.68 Å². The van der Waals surface area contributed by atoms with Crippen LogP contribution in [0.4, 0.5) is 13.2 Å². The lowest BCUT2D eigenvalue weighted by atomic mass is 10.3. The average Bonchev–Trinajstić information content (AvgIpc) is 2.65. The van der Waals surface area contributed by atoms with Gasteiger partial charge in [0.25, 0.3) is 0 Å². The minimum Gasteiger partial charge on any atom is -0.711 e. The Morgan fingerprint density at radius 3 is 2.53 bits per heavy atom. The summed E-state index contributed by atoms with van der Waals surface area (Å²) in [5.41, 5.74) is -0.315. The summed E-state index contributed by atoms with van der Waals surface area (Å²) in [6.45, 7) is 1.71. The first-order valence-corrected chi connectivity index (χ1v) is 4.71. The van der Waals surface area contributed by atoms with Crippen molar-refractivity contribution in [2.24, 2.45) is 0 Å². The zero-order chi connectivity index (χ0) is 12.6. The van der Waals surface area contributed by atoms with Crippen molar-refractivity contribution in [1.82, 2.24) is 9.78 Å². The van der Waals surface area contributed by atoms with E-state index >= 15 is 0 Å². The molecule has 0 aliphatic heterocycles. The Labute approximate surface area is 94.5 Å². The van der Waals surface area contributed by atoms with Crippen LogP contribution in [-0.2, 0) is 6.18 Å². The van der Waals surface area contributed by atoms with Gasteiger partial charge in [-0.05, 0) is 18.6 Å². The summed E-state index contributed by atoms with van der Waals surface area (Å²) in [6, 6.07) is 3.86. The van der Waals surface area contributed by atoms with Crippen molar-refractivity contribution in [2.75, 3.05) is 0 Å². The first-order chi connectivity index (χ1) is 7.88. The fraction of sp³-hybridized carbons (Fsp3) is 0.200. The minimum atomic E-state index is -4.51. The lowest BCUT2D eigenvalue weighted by molar-refractivity contribution is -0.600. The molecule has 0 saturated carbocycles. The van der Waals surface area contributed by atoms with Gasteiger partial charge in [-0.2, -0.15) is 13.2 Å². The van der Waals surface area contributed by atoms with Crippen molar-refractivity contribution in [1.29, 1.82) is 0 Å². The van der Waals surface area contributed by atoms with Crippen molar-refractivity contribution in [3.63, 3.8) is 0 Å². The van der Waals surface area contributed by atoms with E-state index in [9.17, 15) is 18.4 Å². The molecule has 0 fully saturated rings. The highest BCUT2D eigenvalue weighted by atomic mass is 19.4. The molecule has 7 heteroatoms. The normalized spacial score (nSPS) is 11.8. The van der Waals surface area contributed by atoms with Crippen molar-refractivity contribution in [3.05, 3.63) is 47.1 Å². The standard InChI is InChI=1S/C10H8F3N3O/c1-7-2-3-9(16(17)6-7)15-5-4-8(14-15)10(11,12)13/h2-6H,1H3. The minimum absolute atomic E-state index is 0.0195.